The summed E-state index contributed by atoms with van der Waals surface area (Å²) < 4.78 is 0. The first-order valence-corrected chi connectivity index (χ1v) is 9.42. The third-order valence-electron chi connectivity index (χ3n) is 6.74. The van der Waals surface area contributed by atoms with Gasteiger partial charge in [0.2, 0.25) is 0 Å². The second kappa shape index (κ2) is 6.04. The first-order chi connectivity index (χ1) is 10.3. The van der Waals surface area contributed by atoms with Gasteiger partial charge in [-0.3, -0.25) is 4.90 Å². The van der Waals surface area contributed by atoms with E-state index in [0.717, 1.165) is 29.7 Å². The van der Waals surface area contributed by atoms with E-state index in [1.165, 1.54) is 71.2 Å². The highest BCUT2D eigenvalue weighted by atomic mass is 15.3. The van der Waals surface area contributed by atoms with Gasteiger partial charge in [-0.1, -0.05) is 31.9 Å². The number of rotatable bonds is 3. The first-order valence-electron chi connectivity index (χ1n) is 9.42. The topological polar surface area (TPSA) is 6.48 Å². The first kappa shape index (κ1) is 14.3. The molecule has 4 aliphatic rings. The fourth-order valence-corrected chi connectivity index (χ4v) is 5.48. The van der Waals surface area contributed by atoms with E-state index >= 15 is 0 Å². The quantitative estimate of drug-likeness (QED) is 0.735. The Morgan fingerprint density at radius 2 is 1.81 bits per heavy atom. The Morgan fingerprint density at radius 3 is 2.48 bits per heavy atom. The molecule has 0 aromatic heterocycles. The zero-order valence-electron chi connectivity index (χ0n) is 13.7. The summed E-state index contributed by atoms with van der Waals surface area (Å²) in [6.07, 6.45) is 13.8. The van der Waals surface area contributed by atoms with Crippen LogP contribution in [0.15, 0.2) is 12.2 Å². The third kappa shape index (κ3) is 3.07. The van der Waals surface area contributed by atoms with Gasteiger partial charge in [0.25, 0.3) is 0 Å². The van der Waals surface area contributed by atoms with Gasteiger partial charge in [-0.2, -0.15) is 0 Å². The summed E-state index contributed by atoms with van der Waals surface area (Å²) in [5.41, 5.74) is 0. The van der Waals surface area contributed by atoms with E-state index in [1.54, 1.807) is 0 Å². The molecule has 0 amide bonds. The van der Waals surface area contributed by atoms with Crippen molar-refractivity contribution in [2.45, 2.75) is 51.5 Å². The lowest BCUT2D eigenvalue weighted by Crippen LogP contribution is -2.52. The fraction of sp³-hybridized carbons (Fsp3) is 0.895. The van der Waals surface area contributed by atoms with Crippen LogP contribution in [0.1, 0.15) is 45.4 Å². The van der Waals surface area contributed by atoms with Crippen molar-refractivity contribution in [1.29, 1.82) is 0 Å². The molecule has 2 saturated carbocycles. The highest BCUT2D eigenvalue weighted by Crippen LogP contribution is 2.43. The minimum Gasteiger partial charge on any atom is -0.300 e. The molecule has 5 atom stereocenters. The van der Waals surface area contributed by atoms with E-state index in [1.807, 2.05) is 0 Å². The second-order valence-corrected chi connectivity index (χ2v) is 8.30. The van der Waals surface area contributed by atoms with Crippen molar-refractivity contribution >= 4 is 0 Å². The van der Waals surface area contributed by atoms with E-state index < -0.39 is 0 Å². The zero-order chi connectivity index (χ0) is 14.2. The van der Waals surface area contributed by atoms with E-state index in [-0.39, 0.29) is 0 Å². The summed E-state index contributed by atoms with van der Waals surface area (Å²) in [4.78, 5) is 5.58. The van der Waals surface area contributed by atoms with E-state index in [9.17, 15) is 0 Å². The number of nitrogens with zero attached hydrogens (tertiary/aromatic N) is 2. The minimum atomic E-state index is 0.904. The van der Waals surface area contributed by atoms with Crippen LogP contribution < -0.4 is 0 Å². The van der Waals surface area contributed by atoms with Gasteiger partial charge in [0.15, 0.2) is 0 Å². The van der Waals surface area contributed by atoms with Crippen molar-refractivity contribution in [2.24, 2.45) is 23.7 Å². The molecule has 1 saturated heterocycles. The van der Waals surface area contributed by atoms with Crippen molar-refractivity contribution in [3.8, 4) is 0 Å². The van der Waals surface area contributed by atoms with Crippen LogP contribution in [0.5, 0.6) is 0 Å². The lowest BCUT2D eigenvalue weighted by Gasteiger charge is -2.42. The molecule has 3 fully saturated rings. The monoisotopic (exact) mass is 288 g/mol. The van der Waals surface area contributed by atoms with Crippen LogP contribution in [0, 0.1) is 23.7 Å². The van der Waals surface area contributed by atoms with Gasteiger partial charge >= 0.3 is 0 Å². The SMILES string of the molecule is C[C@H]1CCC[C@@H](N2CCN(C[C@@H]3C[C@H]4C=C[C@H]3C4)CC2)C1. The molecule has 2 bridgehead atoms. The molecule has 4 rings (SSSR count). The molecule has 0 aromatic carbocycles. The molecule has 0 aromatic rings. The van der Waals surface area contributed by atoms with Crippen LogP contribution in [0.2, 0.25) is 0 Å². The van der Waals surface area contributed by atoms with Crippen molar-refractivity contribution in [2.75, 3.05) is 32.7 Å². The van der Waals surface area contributed by atoms with Gasteiger partial charge in [0.1, 0.15) is 0 Å². The summed E-state index contributed by atoms with van der Waals surface area (Å²) in [5.74, 6) is 3.79. The largest absolute Gasteiger partial charge is 0.300 e. The van der Waals surface area contributed by atoms with Crippen LogP contribution >= 0.6 is 0 Å². The highest BCUT2D eigenvalue weighted by Gasteiger charge is 2.37. The summed E-state index contributed by atoms with van der Waals surface area (Å²) in [5, 5.41) is 0. The van der Waals surface area contributed by atoms with E-state index in [2.05, 4.69) is 28.9 Å². The number of piperazine rings is 1. The molecular weight excluding hydrogens is 256 g/mol. The normalized spacial score (nSPS) is 44.5. The lowest BCUT2D eigenvalue weighted by atomic mass is 9.86. The average molecular weight is 288 g/mol. The molecule has 2 heteroatoms. The number of hydrogen-bond acceptors (Lipinski definition) is 2. The van der Waals surface area contributed by atoms with Gasteiger partial charge in [-0.25, -0.2) is 0 Å². The van der Waals surface area contributed by atoms with Crippen molar-refractivity contribution in [3.63, 3.8) is 0 Å². The maximum absolute atomic E-state index is 2.81. The third-order valence-corrected chi connectivity index (χ3v) is 6.74. The van der Waals surface area contributed by atoms with Crippen LogP contribution in [0.25, 0.3) is 0 Å². The molecule has 1 aliphatic heterocycles. The van der Waals surface area contributed by atoms with Gasteiger partial charge in [-0.05, 0) is 49.4 Å². The van der Waals surface area contributed by atoms with Gasteiger partial charge < -0.3 is 4.90 Å². The Hall–Kier alpha value is -0.340. The Labute approximate surface area is 130 Å². The molecule has 118 valence electrons. The van der Waals surface area contributed by atoms with Gasteiger partial charge in [0.05, 0.1) is 0 Å². The molecule has 21 heavy (non-hydrogen) atoms. The molecule has 0 unspecified atom stereocenters. The summed E-state index contributed by atoms with van der Waals surface area (Å²) in [6.45, 7) is 9.12. The molecule has 2 nitrogen and oxygen atoms in total. The van der Waals surface area contributed by atoms with Gasteiger partial charge in [-0.15, -0.1) is 0 Å². The Kier molecular flexibility index (Phi) is 4.10. The average Bonchev–Trinajstić information content (AvgIpc) is 3.11. The summed E-state index contributed by atoms with van der Waals surface area (Å²) in [6, 6.07) is 0.904. The molecule has 0 radical (unpaired) electrons. The molecule has 3 aliphatic carbocycles. The second-order valence-electron chi connectivity index (χ2n) is 8.30. The van der Waals surface area contributed by atoms with Crippen molar-refractivity contribution in [3.05, 3.63) is 12.2 Å². The molecule has 1 heterocycles. The predicted molar refractivity (Wildman–Crippen MR) is 88.3 cm³/mol. The lowest BCUT2D eigenvalue weighted by molar-refractivity contribution is 0.0601. The van der Waals surface area contributed by atoms with Crippen LogP contribution in [0.4, 0.5) is 0 Å². The number of allylic oxidation sites excluding steroid dienone is 2. The van der Waals surface area contributed by atoms with Gasteiger partial charge in [0, 0.05) is 38.8 Å². The standard InChI is InChI=1S/C19H32N2/c1-15-3-2-4-19(11-15)21-9-7-20(8-10-21)14-18-13-16-5-6-17(18)12-16/h5-6,15-19H,2-4,7-14H2,1H3/t15-,16-,17-,18-,19+/m0/s1. The molecular formula is C19H32N2. The van der Waals surface area contributed by atoms with Crippen LogP contribution in [0.3, 0.4) is 0 Å². The Morgan fingerprint density at radius 1 is 0.952 bits per heavy atom. The van der Waals surface area contributed by atoms with Crippen molar-refractivity contribution in [1.82, 2.24) is 9.80 Å². The highest BCUT2D eigenvalue weighted by molar-refractivity contribution is 5.10. The number of hydrogen-bond donors (Lipinski definition) is 0. The smallest absolute Gasteiger partial charge is 0.0113 e. The van der Waals surface area contributed by atoms with Crippen molar-refractivity contribution < 1.29 is 0 Å². The maximum atomic E-state index is 2.81. The number of fused-ring (bicyclic) bond motifs is 2. The minimum absolute atomic E-state index is 0.904. The molecule has 0 spiro atoms. The fourth-order valence-electron chi connectivity index (χ4n) is 5.48. The molecule has 0 N–H and O–H groups in total. The Balaban J connectivity index is 1.24. The summed E-state index contributed by atoms with van der Waals surface area (Å²) in [7, 11) is 0. The predicted octanol–water partition coefficient (Wildman–Crippen LogP) is 3.39. The maximum Gasteiger partial charge on any atom is 0.0113 e. The van der Waals surface area contributed by atoms with E-state index in [4.69, 9.17) is 0 Å². The Bertz CT molecular complexity index is 383. The summed E-state index contributed by atoms with van der Waals surface area (Å²) >= 11 is 0. The zero-order valence-corrected chi connectivity index (χ0v) is 13.7. The van der Waals surface area contributed by atoms with E-state index in [0.29, 0.717) is 0 Å². The van der Waals surface area contributed by atoms with Crippen LogP contribution in [-0.2, 0) is 0 Å². The van der Waals surface area contributed by atoms with Crippen LogP contribution in [-0.4, -0.2) is 48.6 Å².